The van der Waals surface area contributed by atoms with Crippen LogP contribution in [0.3, 0.4) is 0 Å². The van der Waals surface area contributed by atoms with Crippen LogP contribution in [0.5, 0.6) is 11.5 Å². The van der Waals surface area contributed by atoms with Crippen LogP contribution in [0.15, 0.2) is 36.4 Å². The van der Waals surface area contributed by atoms with Gasteiger partial charge in [0.2, 0.25) is 24.4 Å². The Balaban J connectivity index is 1.14. The monoisotopic (exact) mass is 1270 g/mol. The van der Waals surface area contributed by atoms with Crippen LogP contribution in [-0.2, 0) is 94.2 Å². The van der Waals surface area contributed by atoms with Crippen LogP contribution in [0.2, 0.25) is 0 Å². The molecule has 3 amide bonds. The lowest BCUT2D eigenvalue weighted by Gasteiger charge is -2.38. The van der Waals surface area contributed by atoms with Gasteiger partial charge in [-0.05, 0) is 67.5 Å². The lowest BCUT2D eigenvalue weighted by atomic mass is 9.99. The van der Waals surface area contributed by atoms with Crippen LogP contribution in [0, 0.1) is 0 Å². The summed E-state index contributed by atoms with van der Waals surface area (Å²) in [6, 6.07) is 7.65. The number of rotatable bonds is 45. The minimum absolute atomic E-state index is 0.00337. The van der Waals surface area contributed by atoms with Gasteiger partial charge >= 0.3 is 17.9 Å². The molecule has 89 heavy (non-hydrogen) atoms. The van der Waals surface area contributed by atoms with Crippen LogP contribution in [0.25, 0.3) is 0 Å². The molecule has 0 bridgehead atoms. The molecule has 500 valence electrons. The number of aliphatic hydroxyl groups is 6. The second kappa shape index (κ2) is 41.8. The highest BCUT2D eigenvalue weighted by atomic mass is 16.7. The zero-order chi connectivity index (χ0) is 65.1. The molecule has 32 heteroatoms. The Morgan fingerprint density at radius 2 is 1.11 bits per heavy atom. The maximum absolute atomic E-state index is 13.4. The molecule has 2 saturated heterocycles. The fourth-order valence-electron chi connectivity index (χ4n) is 8.41. The van der Waals surface area contributed by atoms with Crippen molar-refractivity contribution in [3.8, 4) is 11.5 Å². The second-order valence-electron chi connectivity index (χ2n) is 20.2. The third-order valence-corrected chi connectivity index (χ3v) is 13.1. The molecule has 12 N–H and O–H groups in total. The largest absolute Gasteiger partial charge is 0.479 e. The van der Waals surface area contributed by atoms with Gasteiger partial charge in [0.05, 0.1) is 83.2 Å². The van der Waals surface area contributed by atoms with Crippen molar-refractivity contribution in [1.29, 1.82) is 0 Å². The number of unbranched alkanes of at least 4 members (excludes halogenated alkanes) is 1. The van der Waals surface area contributed by atoms with Gasteiger partial charge in [-0.2, -0.15) is 0 Å². The molecule has 0 unspecified atom stereocenters. The minimum atomic E-state index is -1.97. The van der Waals surface area contributed by atoms with Crippen molar-refractivity contribution in [3.05, 3.63) is 58.7 Å². The molecule has 0 aromatic heterocycles. The zero-order valence-corrected chi connectivity index (χ0v) is 49.7. The fourth-order valence-corrected chi connectivity index (χ4v) is 8.41. The number of aliphatic hydroxyl groups excluding tert-OH is 6. The molecule has 10 atom stereocenters. The van der Waals surface area contributed by atoms with Crippen molar-refractivity contribution in [2.75, 3.05) is 106 Å². The standard InChI is InChI=1S/C57H84N4O28/c1-34(62)83-29-36-10-12-44(87-56-51(72)48(69)43(66)31-85-56)38(27-36)41(64)8-5-16-78-21-23-82-33-47(68)61-40(42(65)9-6-17-77-19-20-80-25-26-86-58)7-3-4-14-59-46(67)32-81-24-22-79-18-15-60-54(74)39-28-37(30-84-35(2)63)11-13-45(39)88-57-52(73)49(70)50(71)53(89-57)55(75)76/h10-13,27-28,40,43,48-53,56-57,66,69-73H,3-9,14-26,29-33,58H2,1-2H3,(H,59,67)(H,60,74)(H,61,68)(H,75,76)/t40-,43+,48-,49-,50-,51+,52+,53-,56-,57+/m0/s1. The predicted octanol–water partition coefficient (Wildman–Crippen LogP) is -2.60. The van der Waals surface area contributed by atoms with Crippen LogP contribution in [0.1, 0.15) is 90.6 Å². The van der Waals surface area contributed by atoms with Crippen molar-refractivity contribution >= 4 is 47.2 Å². The van der Waals surface area contributed by atoms with Crippen molar-refractivity contribution in [2.24, 2.45) is 5.90 Å². The molecule has 0 radical (unpaired) electrons. The number of benzene rings is 2. The number of amides is 3. The van der Waals surface area contributed by atoms with E-state index in [2.05, 4.69) is 20.8 Å². The molecule has 2 aromatic carbocycles. The number of nitrogens with two attached hydrogens (primary N) is 1. The van der Waals surface area contributed by atoms with Gasteiger partial charge in [-0.25, -0.2) is 10.7 Å². The number of esters is 2. The van der Waals surface area contributed by atoms with E-state index in [0.29, 0.717) is 43.6 Å². The summed E-state index contributed by atoms with van der Waals surface area (Å²) in [5.74, 6) is -0.254. The quantitative estimate of drug-likeness (QED) is 0.0140. The van der Waals surface area contributed by atoms with Gasteiger partial charge in [0.25, 0.3) is 5.91 Å². The van der Waals surface area contributed by atoms with Gasteiger partial charge in [-0.3, -0.25) is 33.6 Å². The summed E-state index contributed by atoms with van der Waals surface area (Å²) in [6.45, 7) is 2.89. The summed E-state index contributed by atoms with van der Waals surface area (Å²) >= 11 is 0. The Kier molecular flexibility index (Phi) is 35.2. The number of Topliss-reactive ketones (excluding diaryl/α,β-unsaturated/α-hetero) is 2. The average molecular weight is 1270 g/mol. The van der Waals surface area contributed by atoms with Crippen LogP contribution >= 0.6 is 0 Å². The van der Waals surface area contributed by atoms with Crippen molar-refractivity contribution in [1.82, 2.24) is 16.0 Å². The van der Waals surface area contributed by atoms with E-state index in [1.54, 1.807) is 6.07 Å². The van der Waals surface area contributed by atoms with Crippen molar-refractivity contribution in [3.63, 3.8) is 0 Å². The van der Waals surface area contributed by atoms with Gasteiger partial charge in [-0.1, -0.05) is 12.1 Å². The first-order chi connectivity index (χ1) is 42.7. The molecule has 2 fully saturated rings. The smallest absolute Gasteiger partial charge is 0.335 e. The number of nitrogens with one attached hydrogen (secondary N) is 3. The summed E-state index contributed by atoms with van der Waals surface area (Å²) in [6.07, 6.45) is -13.6. The summed E-state index contributed by atoms with van der Waals surface area (Å²) in [7, 11) is 0. The van der Waals surface area contributed by atoms with E-state index in [4.69, 9.17) is 62.7 Å². The van der Waals surface area contributed by atoms with E-state index in [1.165, 1.54) is 44.2 Å². The lowest BCUT2D eigenvalue weighted by molar-refractivity contribution is -0.271. The topological polar surface area (TPSA) is 460 Å². The predicted molar refractivity (Wildman–Crippen MR) is 301 cm³/mol. The first-order valence-electron chi connectivity index (χ1n) is 28.8. The van der Waals surface area contributed by atoms with E-state index in [9.17, 15) is 74.1 Å². The molecule has 32 nitrogen and oxygen atoms in total. The second-order valence-corrected chi connectivity index (χ2v) is 20.2. The normalized spacial score (nSPS) is 21.0. The molecule has 2 aliphatic rings. The maximum atomic E-state index is 13.4. The van der Waals surface area contributed by atoms with Crippen molar-refractivity contribution in [2.45, 2.75) is 133 Å². The molecule has 2 aromatic rings. The molecular weight excluding hydrogens is 1190 g/mol. The fraction of sp³-hybridized carbons (Fsp3) is 0.649. The number of carboxylic acid groups (broad SMARTS) is 1. The number of carboxylic acids is 1. The molecule has 2 aliphatic heterocycles. The molecule has 4 rings (SSSR count). The van der Waals surface area contributed by atoms with Crippen LogP contribution in [0.4, 0.5) is 0 Å². The van der Waals surface area contributed by atoms with E-state index in [1.807, 2.05) is 0 Å². The number of hydrogen-bond acceptors (Lipinski definition) is 28. The third kappa shape index (κ3) is 28.1. The minimum Gasteiger partial charge on any atom is -0.479 e. The van der Waals surface area contributed by atoms with Gasteiger partial charge < -0.3 is 113 Å². The lowest BCUT2D eigenvalue weighted by Crippen LogP contribution is -2.61. The highest BCUT2D eigenvalue weighted by Gasteiger charge is 2.48. The third-order valence-electron chi connectivity index (χ3n) is 13.1. The summed E-state index contributed by atoms with van der Waals surface area (Å²) in [5, 5.41) is 78.5. The molecule has 0 aliphatic carbocycles. The molecular formula is C57H84N4O28. The Morgan fingerprint density at radius 1 is 0.573 bits per heavy atom. The van der Waals surface area contributed by atoms with Crippen LogP contribution in [-0.4, -0.2) is 250 Å². The van der Waals surface area contributed by atoms with Gasteiger partial charge in [0.1, 0.15) is 74.6 Å². The van der Waals surface area contributed by atoms with Crippen LogP contribution < -0.4 is 31.3 Å². The highest BCUT2D eigenvalue weighted by molar-refractivity contribution is 5.99. The summed E-state index contributed by atoms with van der Waals surface area (Å²) in [4.78, 5) is 104. The van der Waals surface area contributed by atoms with E-state index < -0.39 is 97.0 Å². The Hall–Kier alpha value is -6.44. The van der Waals surface area contributed by atoms with E-state index >= 15 is 0 Å². The first-order valence-corrected chi connectivity index (χ1v) is 28.8. The van der Waals surface area contributed by atoms with E-state index in [0.717, 1.165) is 0 Å². The van der Waals surface area contributed by atoms with E-state index in [-0.39, 0.29) is 165 Å². The molecule has 0 spiro atoms. The Bertz CT molecular complexity index is 2530. The number of carbonyl (C=O) groups excluding carboxylic acids is 7. The first kappa shape index (κ1) is 75.0. The maximum Gasteiger partial charge on any atom is 0.335 e. The summed E-state index contributed by atoms with van der Waals surface area (Å²) < 4.78 is 64.8. The highest BCUT2D eigenvalue weighted by Crippen LogP contribution is 2.30. The Morgan fingerprint density at radius 3 is 1.73 bits per heavy atom. The average Bonchev–Trinajstić information content (AvgIpc) is 1.57. The molecule has 2 heterocycles. The SMILES string of the molecule is CC(=O)OCc1ccc(O[C@@H]2OC[C@@H](O)[C@H](O)[C@H]2O)c(C(=O)CCCOCCOCC(=O)N[C@@H](CCCCNC(=O)COCCOCCNC(=O)c2cc(COC(C)=O)ccc2O[C@@H]2O[C@H](C(=O)O)[C@@H](O)[C@H](O)[C@H]2O)C(=O)CCCOCCOCCON)c1. The number of aliphatic carboxylic acids is 1. The summed E-state index contributed by atoms with van der Waals surface area (Å²) in [5.41, 5.74) is 0.800. The Labute approximate surface area is 512 Å². The van der Waals surface area contributed by atoms with Gasteiger partial charge in [0.15, 0.2) is 17.7 Å². The van der Waals surface area contributed by atoms with Gasteiger partial charge in [0, 0.05) is 53.0 Å². The number of hydrogen-bond donors (Lipinski definition) is 11. The number of carbonyl (C=O) groups is 8. The number of ether oxygens (including phenoxy) is 12. The number of ketones is 2. The zero-order valence-electron chi connectivity index (χ0n) is 49.7. The van der Waals surface area contributed by atoms with Crippen molar-refractivity contribution < 1.29 is 136 Å². The van der Waals surface area contributed by atoms with Gasteiger partial charge in [-0.15, -0.1) is 0 Å². The molecule has 0 saturated carbocycles.